The average molecular weight is 354 g/mol. The second kappa shape index (κ2) is 9.88. The Bertz CT molecular complexity index is 739. The summed E-state index contributed by atoms with van der Waals surface area (Å²) in [4.78, 5) is 24.2. The maximum Gasteiger partial charge on any atom is 0.269 e. The Labute approximate surface area is 152 Å². The first kappa shape index (κ1) is 19.1. The standard InChI is InChI=1S/C20H22N2O4/c1-3-13-25-17-9-5-15(6-10-17)19(23)21-22-20(24)16-7-11-18(12-8-16)26-14-4-2/h3,5-12H,1,4,13-14H2,2H3,(H,21,23)(H,22,24). The number of hydrogen-bond donors (Lipinski definition) is 2. The molecule has 0 saturated heterocycles. The molecule has 0 aliphatic rings. The third-order valence-corrected chi connectivity index (χ3v) is 3.36. The first-order valence-corrected chi connectivity index (χ1v) is 8.31. The molecule has 26 heavy (non-hydrogen) atoms. The summed E-state index contributed by atoms with van der Waals surface area (Å²) in [5.41, 5.74) is 5.59. The minimum atomic E-state index is -0.420. The zero-order valence-corrected chi connectivity index (χ0v) is 14.7. The fraction of sp³-hybridized carbons (Fsp3) is 0.200. The van der Waals surface area contributed by atoms with E-state index in [9.17, 15) is 9.59 Å². The van der Waals surface area contributed by atoms with Gasteiger partial charge < -0.3 is 9.47 Å². The Balaban J connectivity index is 1.86. The van der Waals surface area contributed by atoms with Crippen molar-refractivity contribution >= 4 is 11.8 Å². The molecule has 0 radical (unpaired) electrons. The number of nitrogens with one attached hydrogen (secondary N) is 2. The monoisotopic (exact) mass is 354 g/mol. The van der Waals surface area contributed by atoms with Gasteiger partial charge in [0.25, 0.3) is 11.8 Å². The Morgan fingerprint density at radius 3 is 1.77 bits per heavy atom. The van der Waals surface area contributed by atoms with Gasteiger partial charge in [0.2, 0.25) is 0 Å². The van der Waals surface area contributed by atoms with E-state index in [0.29, 0.717) is 35.8 Å². The highest BCUT2D eigenvalue weighted by molar-refractivity contribution is 5.99. The zero-order valence-electron chi connectivity index (χ0n) is 14.7. The van der Waals surface area contributed by atoms with Crippen molar-refractivity contribution in [3.8, 4) is 11.5 Å². The van der Waals surface area contributed by atoms with E-state index in [2.05, 4.69) is 17.4 Å². The van der Waals surface area contributed by atoms with Crippen LogP contribution in [0.2, 0.25) is 0 Å². The summed E-state index contributed by atoms with van der Waals surface area (Å²) in [7, 11) is 0. The molecule has 2 aromatic carbocycles. The van der Waals surface area contributed by atoms with Crippen molar-refractivity contribution in [2.75, 3.05) is 13.2 Å². The van der Waals surface area contributed by atoms with Crippen LogP contribution in [0.1, 0.15) is 34.1 Å². The van der Waals surface area contributed by atoms with E-state index in [1.165, 1.54) is 0 Å². The molecule has 0 bridgehead atoms. The van der Waals surface area contributed by atoms with E-state index >= 15 is 0 Å². The molecule has 2 amide bonds. The first-order valence-electron chi connectivity index (χ1n) is 8.31. The highest BCUT2D eigenvalue weighted by Gasteiger charge is 2.09. The summed E-state index contributed by atoms with van der Waals surface area (Å²) in [6.07, 6.45) is 2.55. The van der Waals surface area contributed by atoms with Gasteiger partial charge in [-0.3, -0.25) is 20.4 Å². The molecule has 0 heterocycles. The van der Waals surface area contributed by atoms with Crippen LogP contribution in [-0.4, -0.2) is 25.0 Å². The van der Waals surface area contributed by atoms with Crippen LogP contribution in [0.3, 0.4) is 0 Å². The lowest BCUT2D eigenvalue weighted by molar-refractivity contribution is 0.0846. The number of carbonyl (C=O) groups is 2. The highest BCUT2D eigenvalue weighted by atomic mass is 16.5. The summed E-state index contributed by atoms with van der Waals surface area (Å²) in [5, 5.41) is 0. The predicted molar refractivity (Wildman–Crippen MR) is 99.3 cm³/mol. The predicted octanol–water partition coefficient (Wildman–Crippen LogP) is 3.12. The first-order chi connectivity index (χ1) is 12.6. The summed E-state index contributed by atoms with van der Waals surface area (Å²) in [6.45, 7) is 6.61. The summed E-state index contributed by atoms with van der Waals surface area (Å²) in [5.74, 6) is 0.505. The van der Waals surface area contributed by atoms with Gasteiger partial charge in [0, 0.05) is 11.1 Å². The number of amides is 2. The normalized spacial score (nSPS) is 9.88. The molecule has 0 spiro atoms. The van der Waals surface area contributed by atoms with Gasteiger partial charge in [0.05, 0.1) is 6.61 Å². The van der Waals surface area contributed by atoms with E-state index in [1.54, 1.807) is 54.6 Å². The van der Waals surface area contributed by atoms with Crippen molar-refractivity contribution in [3.63, 3.8) is 0 Å². The highest BCUT2D eigenvalue weighted by Crippen LogP contribution is 2.13. The number of hydrazine groups is 1. The van der Waals surface area contributed by atoms with Crippen molar-refractivity contribution in [1.29, 1.82) is 0 Å². The maximum absolute atomic E-state index is 12.1. The molecule has 0 saturated carbocycles. The molecule has 6 heteroatoms. The Hall–Kier alpha value is -3.28. The van der Waals surface area contributed by atoms with Crippen LogP contribution in [0, 0.1) is 0 Å². The summed E-state index contributed by atoms with van der Waals surface area (Å²) >= 11 is 0. The van der Waals surface area contributed by atoms with E-state index in [4.69, 9.17) is 9.47 Å². The molecule has 0 aliphatic heterocycles. The molecule has 0 fully saturated rings. The molecule has 2 rings (SSSR count). The average Bonchev–Trinajstić information content (AvgIpc) is 2.69. The smallest absolute Gasteiger partial charge is 0.269 e. The van der Waals surface area contributed by atoms with Gasteiger partial charge >= 0.3 is 0 Å². The number of hydrogen-bond acceptors (Lipinski definition) is 4. The van der Waals surface area contributed by atoms with Crippen LogP contribution in [-0.2, 0) is 0 Å². The number of ether oxygens (including phenoxy) is 2. The van der Waals surface area contributed by atoms with Gasteiger partial charge in [-0.05, 0) is 55.0 Å². The molecule has 0 aromatic heterocycles. The zero-order chi connectivity index (χ0) is 18.8. The third-order valence-electron chi connectivity index (χ3n) is 3.36. The number of carbonyl (C=O) groups excluding carboxylic acids is 2. The fourth-order valence-corrected chi connectivity index (χ4v) is 2.04. The van der Waals surface area contributed by atoms with Gasteiger partial charge in [-0.1, -0.05) is 19.6 Å². The minimum Gasteiger partial charge on any atom is -0.494 e. The van der Waals surface area contributed by atoms with Crippen LogP contribution < -0.4 is 20.3 Å². The molecular weight excluding hydrogens is 332 g/mol. The van der Waals surface area contributed by atoms with E-state index in [-0.39, 0.29) is 0 Å². The second-order valence-electron chi connectivity index (χ2n) is 5.41. The minimum absolute atomic E-state index is 0.393. The van der Waals surface area contributed by atoms with Crippen LogP contribution in [0.25, 0.3) is 0 Å². The molecule has 2 N–H and O–H groups in total. The topological polar surface area (TPSA) is 76.7 Å². The van der Waals surface area contributed by atoms with E-state index in [1.807, 2.05) is 6.92 Å². The Morgan fingerprint density at radius 1 is 0.885 bits per heavy atom. The van der Waals surface area contributed by atoms with Crippen LogP contribution >= 0.6 is 0 Å². The van der Waals surface area contributed by atoms with Crippen molar-refractivity contribution in [2.24, 2.45) is 0 Å². The molecule has 136 valence electrons. The lowest BCUT2D eigenvalue weighted by Gasteiger charge is -2.09. The van der Waals surface area contributed by atoms with Crippen molar-refractivity contribution in [3.05, 3.63) is 72.3 Å². The second-order valence-corrected chi connectivity index (χ2v) is 5.41. The van der Waals surface area contributed by atoms with Crippen molar-refractivity contribution in [1.82, 2.24) is 10.9 Å². The molecule has 0 aliphatic carbocycles. The van der Waals surface area contributed by atoms with Gasteiger partial charge in [-0.2, -0.15) is 0 Å². The van der Waals surface area contributed by atoms with Gasteiger partial charge in [0.15, 0.2) is 0 Å². The summed E-state index contributed by atoms with van der Waals surface area (Å²) in [6, 6.07) is 13.3. The fourth-order valence-electron chi connectivity index (χ4n) is 2.04. The van der Waals surface area contributed by atoms with E-state index < -0.39 is 11.8 Å². The molecule has 0 unspecified atom stereocenters. The summed E-state index contributed by atoms with van der Waals surface area (Å²) < 4.78 is 10.8. The molecule has 0 atom stereocenters. The Morgan fingerprint density at radius 2 is 1.35 bits per heavy atom. The maximum atomic E-state index is 12.1. The molecule has 6 nitrogen and oxygen atoms in total. The SMILES string of the molecule is C=CCOc1ccc(C(=O)NNC(=O)c2ccc(OCCC)cc2)cc1. The van der Waals surface area contributed by atoms with Gasteiger partial charge in [-0.25, -0.2) is 0 Å². The number of rotatable bonds is 8. The largest absolute Gasteiger partial charge is 0.494 e. The lowest BCUT2D eigenvalue weighted by atomic mass is 10.2. The van der Waals surface area contributed by atoms with Crippen LogP contribution in [0.5, 0.6) is 11.5 Å². The molecule has 2 aromatic rings. The van der Waals surface area contributed by atoms with Crippen LogP contribution in [0.4, 0.5) is 0 Å². The van der Waals surface area contributed by atoms with Gasteiger partial charge in [-0.15, -0.1) is 0 Å². The molecular formula is C20H22N2O4. The lowest BCUT2D eigenvalue weighted by Crippen LogP contribution is -2.41. The van der Waals surface area contributed by atoms with Crippen molar-refractivity contribution in [2.45, 2.75) is 13.3 Å². The van der Waals surface area contributed by atoms with Gasteiger partial charge in [0.1, 0.15) is 18.1 Å². The van der Waals surface area contributed by atoms with E-state index in [0.717, 1.165) is 6.42 Å². The quantitative estimate of drug-likeness (QED) is 0.564. The van der Waals surface area contributed by atoms with Crippen LogP contribution in [0.15, 0.2) is 61.2 Å². The number of benzene rings is 2. The third kappa shape index (κ3) is 5.66. The Kier molecular flexibility index (Phi) is 7.24. The van der Waals surface area contributed by atoms with Crippen molar-refractivity contribution < 1.29 is 19.1 Å².